The molecule has 3 aromatic carbocycles. The van der Waals surface area contributed by atoms with E-state index < -0.39 is 35.9 Å². The van der Waals surface area contributed by atoms with Crippen LogP contribution in [0.2, 0.25) is 0 Å². The van der Waals surface area contributed by atoms with Gasteiger partial charge in [-0.05, 0) is 53.1 Å². The topological polar surface area (TPSA) is 148 Å². The van der Waals surface area contributed by atoms with Crippen molar-refractivity contribution in [3.05, 3.63) is 76.9 Å². The summed E-state index contributed by atoms with van der Waals surface area (Å²) < 4.78 is 37.9. The van der Waals surface area contributed by atoms with Gasteiger partial charge >= 0.3 is 11.9 Å². The number of carbonyl (C=O) groups excluding carboxylic acids is 2. The van der Waals surface area contributed by atoms with Gasteiger partial charge in [-0.1, -0.05) is 18.2 Å². The average Bonchev–Trinajstić information content (AvgIpc) is 3.47. The molecule has 3 atom stereocenters. The highest BCUT2D eigenvalue weighted by atomic mass is 16.5. The van der Waals surface area contributed by atoms with E-state index in [4.69, 9.17) is 33.2 Å². The molecule has 45 heavy (non-hydrogen) atoms. The van der Waals surface area contributed by atoms with Crippen LogP contribution < -0.4 is 33.7 Å². The first-order valence-electron chi connectivity index (χ1n) is 13.8. The number of esters is 1. The summed E-state index contributed by atoms with van der Waals surface area (Å²) >= 11 is 0. The lowest BCUT2D eigenvalue weighted by atomic mass is 9.87. The lowest BCUT2D eigenvalue weighted by Crippen LogP contribution is -2.42. The van der Waals surface area contributed by atoms with Crippen LogP contribution in [0.15, 0.2) is 54.6 Å². The van der Waals surface area contributed by atoms with Gasteiger partial charge in [0.15, 0.2) is 34.5 Å². The Labute approximate surface area is 260 Å². The van der Waals surface area contributed by atoms with Gasteiger partial charge in [-0.2, -0.15) is 0 Å². The molecule has 1 heterocycles. The highest BCUT2D eigenvalue weighted by molar-refractivity contribution is 5.95. The summed E-state index contributed by atoms with van der Waals surface area (Å²) in [5.41, 5.74) is 2.00. The second-order valence-corrected chi connectivity index (χ2v) is 9.88. The van der Waals surface area contributed by atoms with Crippen LogP contribution in [0.4, 0.5) is 0 Å². The summed E-state index contributed by atoms with van der Waals surface area (Å²) in [6.07, 6.45) is 1.87. The first kappa shape index (κ1) is 32.5. The van der Waals surface area contributed by atoms with E-state index in [0.29, 0.717) is 51.0 Å². The molecular weight excluding hydrogens is 586 g/mol. The van der Waals surface area contributed by atoms with Crippen molar-refractivity contribution >= 4 is 23.9 Å². The van der Waals surface area contributed by atoms with E-state index in [0.717, 1.165) is 0 Å². The Bertz CT molecular complexity index is 1600. The van der Waals surface area contributed by atoms with Gasteiger partial charge in [0.2, 0.25) is 5.91 Å². The van der Waals surface area contributed by atoms with Crippen molar-refractivity contribution in [2.24, 2.45) is 0 Å². The van der Waals surface area contributed by atoms with Crippen LogP contribution in [0.5, 0.6) is 34.5 Å². The van der Waals surface area contributed by atoms with Crippen molar-refractivity contribution in [2.75, 3.05) is 42.7 Å². The normalized spacial score (nSPS) is 15.8. The van der Waals surface area contributed by atoms with E-state index >= 15 is 0 Å². The number of methoxy groups -OCH3 is 6. The molecule has 0 aromatic heterocycles. The number of hydrogen-bond acceptors (Lipinski definition) is 10. The molecule has 0 radical (unpaired) electrons. The molecule has 1 aliphatic rings. The summed E-state index contributed by atoms with van der Waals surface area (Å²) in [6, 6.07) is 12.4. The monoisotopic (exact) mass is 621 g/mol. The second-order valence-electron chi connectivity index (χ2n) is 9.88. The fourth-order valence-corrected chi connectivity index (χ4v) is 5.20. The Hall–Kier alpha value is -5.39. The number of hydrogen-bond donors (Lipinski definition) is 2. The van der Waals surface area contributed by atoms with Gasteiger partial charge in [-0.25, -0.2) is 4.79 Å². The predicted molar refractivity (Wildman–Crippen MR) is 163 cm³/mol. The van der Waals surface area contributed by atoms with E-state index in [1.54, 1.807) is 48.5 Å². The van der Waals surface area contributed by atoms with Crippen LogP contribution in [-0.4, -0.2) is 71.7 Å². The molecule has 0 fully saturated rings. The third kappa shape index (κ3) is 6.90. The fraction of sp³-hybridized carbons (Fsp3) is 0.303. The number of nitrogens with one attached hydrogen (secondary N) is 1. The molecule has 1 amide bonds. The molecule has 1 aliphatic heterocycles. The van der Waals surface area contributed by atoms with Crippen molar-refractivity contribution in [3.63, 3.8) is 0 Å². The standard InChI is InChI=1S/C33H35NO11/c1-39-22-11-7-18(16-25(22)42-4)15-21(33(38)44-6)34-27(35)14-10-19-8-13-24(41-3)31-28(19)29(32(36)37)30(45-31)20-9-12-23(40-2)26(17-20)43-5/h7-14,16-17,21,29-30H,15H2,1-6H3,(H,34,35)(H,36,37)/b14-10+. The number of carboxylic acid groups (broad SMARTS) is 1. The van der Waals surface area contributed by atoms with E-state index in [1.165, 1.54) is 54.8 Å². The van der Waals surface area contributed by atoms with Gasteiger partial charge in [-0.3, -0.25) is 9.59 Å². The Morgan fingerprint density at radius 1 is 0.822 bits per heavy atom. The number of rotatable bonds is 13. The smallest absolute Gasteiger partial charge is 0.328 e. The molecule has 12 nitrogen and oxygen atoms in total. The summed E-state index contributed by atoms with van der Waals surface area (Å²) in [6.45, 7) is 0. The van der Waals surface area contributed by atoms with Crippen LogP contribution in [0.25, 0.3) is 6.08 Å². The van der Waals surface area contributed by atoms with Crippen LogP contribution in [0.1, 0.15) is 34.3 Å². The number of benzene rings is 3. The first-order chi connectivity index (χ1) is 21.7. The second kappa shape index (κ2) is 14.4. The minimum atomic E-state index is -1.15. The summed E-state index contributed by atoms with van der Waals surface area (Å²) in [5, 5.41) is 13.0. The zero-order valence-corrected chi connectivity index (χ0v) is 25.7. The number of ether oxygens (including phenoxy) is 7. The zero-order valence-electron chi connectivity index (χ0n) is 25.7. The molecule has 0 saturated heterocycles. The van der Waals surface area contributed by atoms with Gasteiger partial charge in [0.25, 0.3) is 0 Å². The Morgan fingerprint density at radius 2 is 1.42 bits per heavy atom. The number of carboxylic acids is 1. The van der Waals surface area contributed by atoms with E-state index in [1.807, 2.05) is 0 Å². The third-order valence-electron chi connectivity index (χ3n) is 7.38. The van der Waals surface area contributed by atoms with Crippen molar-refractivity contribution in [3.8, 4) is 34.5 Å². The molecule has 0 saturated carbocycles. The first-order valence-corrected chi connectivity index (χ1v) is 13.8. The number of carbonyl (C=O) groups is 3. The molecule has 3 unspecified atom stereocenters. The molecule has 12 heteroatoms. The zero-order chi connectivity index (χ0) is 32.7. The van der Waals surface area contributed by atoms with Crippen LogP contribution in [0.3, 0.4) is 0 Å². The molecule has 2 N–H and O–H groups in total. The Morgan fingerprint density at radius 3 is 2.02 bits per heavy atom. The average molecular weight is 622 g/mol. The summed E-state index contributed by atoms with van der Waals surface area (Å²) in [7, 11) is 8.68. The Balaban J connectivity index is 1.63. The predicted octanol–water partition coefficient (Wildman–Crippen LogP) is 3.95. The van der Waals surface area contributed by atoms with Gasteiger partial charge < -0.3 is 43.6 Å². The summed E-state index contributed by atoms with van der Waals surface area (Å²) in [5.74, 6) is -1.07. The number of amides is 1. The van der Waals surface area contributed by atoms with Gasteiger partial charge in [0.1, 0.15) is 18.1 Å². The van der Waals surface area contributed by atoms with Crippen molar-refractivity contribution in [2.45, 2.75) is 24.5 Å². The van der Waals surface area contributed by atoms with E-state index in [2.05, 4.69) is 5.32 Å². The van der Waals surface area contributed by atoms with Crippen molar-refractivity contribution < 1.29 is 52.6 Å². The van der Waals surface area contributed by atoms with E-state index in [9.17, 15) is 19.5 Å². The maximum Gasteiger partial charge on any atom is 0.328 e. The highest BCUT2D eigenvalue weighted by Crippen LogP contribution is 2.53. The Kier molecular flexibility index (Phi) is 10.4. The minimum Gasteiger partial charge on any atom is -0.493 e. The lowest BCUT2D eigenvalue weighted by Gasteiger charge is -2.18. The molecule has 0 spiro atoms. The quantitative estimate of drug-likeness (QED) is 0.211. The molecule has 3 aromatic rings. The van der Waals surface area contributed by atoms with Crippen LogP contribution in [-0.2, 0) is 25.5 Å². The van der Waals surface area contributed by atoms with Gasteiger partial charge in [-0.15, -0.1) is 0 Å². The molecule has 4 rings (SSSR count). The molecule has 0 aliphatic carbocycles. The maximum atomic E-state index is 13.1. The number of fused-ring (bicyclic) bond motifs is 1. The third-order valence-corrected chi connectivity index (χ3v) is 7.38. The maximum absolute atomic E-state index is 13.1. The van der Waals surface area contributed by atoms with Gasteiger partial charge in [0.05, 0.1) is 42.7 Å². The minimum absolute atomic E-state index is 0.118. The van der Waals surface area contributed by atoms with Crippen LogP contribution >= 0.6 is 0 Å². The molecular formula is C33H35NO11. The fourth-order valence-electron chi connectivity index (χ4n) is 5.20. The molecule has 0 bridgehead atoms. The number of aliphatic carboxylic acids is 1. The largest absolute Gasteiger partial charge is 0.493 e. The van der Waals surface area contributed by atoms with Crippen molar-refractivity contribution in [1.82, 2.24) is 5.32 Å². The van der Waals surface area contributed by atoms with Crippen LogP contribution in [0, 0.1) is 0 Å². The van der Waals surface area contributed by atoms with Crippen molar-refractivity contribution in [1.29, 1.82) is 0 Å². The summed E-state index contributed by atoms with van der Waals surface area (Å²) in [4.78, 5) is 38.3. The SMILES string of the molecule is COC(=O)C(Cc1ccc(OC)c(OC)c1)NC(=O)/C=C/c1ccc(OC)c2c1C(C(=O)O)C(c1ccc(OC)c(OC)c1)O2. The lowest BCUT2D eigenvalue weighted by molar-refractivity contribution is -0.144. The van der Waals surface area contributed by atoms with E-state index in [-0.39, 0.29) is 12.2 Å². The highest BCUT2D eigenvalue weighted by Gasteiger charge is 2.44. The molecule has 238 valence electrons. The van der Waals surface area contributed by atoms with Gasteiger partial charge in [0, 0.05) is 18.1 Å².